The summed E-state index contributed by atoms with van der Waals surface area (Å²) in [4.78, 5) is 19.8. The third-order valence-electron chi connectivity index (χ3n) is 8.38. The van der Waals surface area contributed by atoms with Crippen molar-refractivity contribution in [2.75, 3.05) is 44.2 Å². The molecule has 3 aromatic rings. The third-order valence-corrected chi connectivity index (χ3v) is 8.78. The van der Waals surface area contributed by atoms with Gasteiger partial charge in [0.15, 0.2) is 5.11 Å². The molecule has 2 aliphatic heterocycles. The summed E-state index contributed by atoms with van der Waals surface area (Å²) in [5, 5.41) is 4.29. The minimum absolute atomic E-state index is 0.102. The van der Waals surface area contributed by atoms with Gasteiger partial charge in [0, 0.05) is 45.0 Å². The van der Waals surface area contributed by atoms with Crippen LogP contribution < -0.4 is 10.2 Å². The number of thiocarbonyl (C=S) groups is 1. The number of carbonyl (C=O) groups excluding carboxylic acids is 1. The Kier molecular flexibility index (Phi) is 7.68. The molecule has 0 saturated carbocycles. The first-order chi connectivity index (χ1) is 19.2. The molecule has 2 bridgehead atoms. The number of amides is 1. The molecule has 6 nitrogen and oxygen atoms in total. The molecule has 6 rings (SSSR count). The first-order valence-corrected chi connectivity index (χ1v) is 14.5. The molecule has 2 fully saturated rings. The molecule has 0 spiro atoms. The summed E-state index contributed by atoms with van der Waals surface area (Å²) in [5.41, 5.74) is 6.28. The molecule has 7 heteroatoms. The highest BCUT2D eigenvalue weighted by Gasteiger charge is 2.41. The maximum absolute atomic E-state index is 13.1. The van der Waals surface area contributed by atoms with Crippen LogP contribution in [0.25, 0.3) is 0 Å². The number of likely N-dealkylation sites (tertiary alicyclic amines) is 1. The molecule has 202 valence electrons. The molecule has 2 heterocycles. The number of nitrogens with one attached hydrogen (secondary N) is 1. The lowest BCUT2D eigenvalue weighted by Crippen LogP contribution is -2.52. The van der Waals surface area contributed by atoms with Crippen molar-refractivity contribution in [3.8, 4) is 0 Å². The summed E-state index contributed by atoms with van der Waals surface area (Å²) < 4.78 is 5.72. The van der Waals surface area contributed by atoms with Crippen molar-refractivity contribution in [3.63, 3.8) is 0 Å². The number of ether oxygens (including phenoxy) is 1. The monoisotopic (exact) mass is 540 g/mol. The second-order valence-corrected chi connectivity index (χ2v) is 11.1. The van der Waals surface area contributed by atoms with Gasteiger partial charge in [-0.15, -0.1) is 0 Å². The van der Waals surface area contributed by atoms with Crippen molar-refractivity contribution in [2.45, 2.75) is 37.8 Å². The summed E-state index contributed by atoms with van der Waals surface area (Å²) >= 11 is 5.70. The Bertz CT molecular complexity index is 1290. The zero-order valence-corrected chi connectivity index (χ0v) is 23.1. The van der Waals surface area contributed by atoms with Gasteiger partial charge in [-0.3, -0.25) is 0 Å². The molecule has 3 aromatic carbocycles. The van der Waals surface area contributed by atoms with E-state index in [-0.39, 0.29) is 12.1 Å². The fourth-order valence-corrected chi connectivity index (χ4v) is 6.51. The fourth-order valence-electron chi connectivity index (χ4n) is 6.22. The average Bonchev–Trinajstić information content (AvgIpc) is 3.27. The van der Waals surface area contributed by atoms with Crippen molar-refractivity contribution >= 4 is 29.1 Å². The number of piperidine rings is 1. The summed E-state index contributed by atoms with van der Waals surface area (Å²) in [6, 6.07) is 27.4. The number of anilines is 1. The van der Waals surface area contributed by atoms with E-state index in [1.54, 1.807) is 0 Å². The van der Waals surface area contributed by atoms with E-state index in [1.807, 2.05) is 41.3 Å². The molecule has 0 radical (unpaired) electrons. The Labute approximate surface area is 236 Å². The van der Waals surface area contributed by atoms with Gasteiger partial charge in [-0.25, -0.2) is 4.79 Å². The fraction of sp³-hybridized carbons (Fsp3) is 0.375. The number of rotatable bonds is 6. The summed E-state index contributed by atoms with van der Waals surface area (Å²) in [6.07, 6.45) is 2.75. The molecule has 39 heavy (non-hydrogen) atoms. The smallest absolute Gasteiger partial charge is 0.410 e. The zero-order valence-electron chi connectivity index (χ0n) is 22.3. The maximum atomic E-state index is 13.1. The van der Waals surface area contributed by atoms with Crippen molar-refractivity contribution in [3.05, 3.63) is 101 Å². The molecule has 1 N–H and O–H groups in total. The Morgan fingerprint density at radius 1 is 0.872 bits per heavy atom. The molecule has 1 aliphatic carbocycles. The van der Waals surface area contributed by atoms with Crippen LogP contribution >= 0.6 is 12.2 Å². The van der Waals surface area contributed by atoms with Crippen LogP contribution in [0.5, 0.6) is 0 Å². The number of nitrogens with zero attached hydrogens (tertiary/aromatic N) is 3. The standard InChI is InChI=1S/C32H36N4O2S/c37-32(38-23-25-9-5-2-6-10-25)36-16-14-26-21-30(36)29-22-27(11-12-28(26)29)34-17-19-35(20-18-34)31(39)33-15-13-24-7-3-1-4-8-24/h1-12,22,26,30H,13-21,23H2,(H,33,39)/t26?,30-/m1/s1. The summed E-state index contributed by atoms with van der Waals surface area (Å²) in [5.74, 6) is 0.536. The van der Waals surface area contributed by atoms with Gasteiger partial charge in [0.2, 0.25) is 0 Å². The molecule has 2 atom stereocenters. The van der Waals surface area contributed by atoms with E-state index in [4.69, 9.17) is 17.0 Å². The highest BCUT2D eigenvalue weighted by Crippen LogP contribution is 2.50. The third kappa shape index (κ3) is 5.74. The SMILES string of the molecule is O=C(OCc1ccccc1)N1CCC2C[C@@H]1c1cc(N3CCN(C(=S)NCCc4ccccc4)CC3)ccc12. The van der Waals surface area contributed by atoms with Crippen LogP contribution in [-0.4, -0.2) is 60.3 Å². The van der Waals surface area contributed by atoms with Gasteiger partial charge in [-0.05, 0) is 71.8 Å². The highest BCUT2D eigenvalue weighted by atomic mass is 32.1. The first kappa shape index (κ1) is 25.7. The normalized spacial score (nSPS) is 19.9. The van der Waals surface area contributed by atoms with Crippen molar-refractivity contribution < 1.29 is 9.53 Å². The Balaban J connectivity index is 1.04. The van der Waals surface area contributed by atoms with Crippen molar-refractivity contribution in [1.29, 1.82) is 0 Å². The highest BCUT2D eigenvalue weighted by molar-refractivity contribution is 7.80. The van der Waals surface area contributed by atoms with Gasteiger partial charge >= 0.3 is 6.09 Å². The molecule has 0 aromatic heterocycles. The predicted octanol–water partition coefficient (Wildman–Crippen LogP) is 5.50. The minimum atomic E-state index is -0.206. The van der Waals surface area contributed by atoms with E-state index in [9.17, 15) is 4.79 Å². The number of piperazine rings is 1. The lowest BCUT2D eigenvalue weighted by Gasteiger charge is -2.38. The largest absolute Gasteiger partial charge is 0.445 e. The number of fused-ring (bicyclic) bond motifs is 5. The molecule has 2 saturated heterocycles. The number of carbonyl (C=O) groups is 1. The number of hydrogen-bond acceptors (Lipinski definition) is 4. The van der Waals surface area contributed by atoms with E-state index >= 15 is 0 Å². The van der Waals surface area contributed by atoms with E-state index in [0.717, 1.165) is 69.2 Å². The van der Waals surface area contributed by atoms with E-state index in [2.05, 4.69) is 57.6 Å². The van der Waals surface area contributed by atoms with Gasteiger partial charge in [0.1, 0.15) is 6.61 Å². The van der Waals surface area contributed by atoms with Crippen LogP contribution in [0.2, 0.25) is 0 Å². The predicted molar refractivity (Wildman–Crippen MR) is 159 cm³/mol. The first-order valence-electron chi connectivity index (χ1n) is 14.1. The minimum Gasteiger partial charge on any atom is -0.445 e. The molecule has 3 aliphatic rings. The lowest BCUT2D eigenvalue weighted by molar-refractivity contribution is 0.0694. The van der Waals surface area contributed by atoms with Crippen LogP contribution in [0.3, 0.4) is 0 Å². The van der Waals surface area contributed by atoms with Gasteiger partial charge in [0.25, 0.3) is 0 Å². The maximum Gasteiger partial charge on any atom is 0.410 e. The topological polar surface area (TPSA) is 48.1 Å². The Hall–Kier alpha value is -3.58. The van der Waals surface area contributed by atoms with Gasteiger partial charge in [-0.2, -0.15) is 0 Å². The summed E-state index contributed by atoms with van der Waals surface area (Å²) in [6.45, 7) is 5.57. The van der Waals surface area contributed by atoms with Crippen LogP contribution in [0.1, 0.15) is 47.1 Å². The van der Waals surface area contributed by atoms with E-state index < -0.39 is 0 Å². The number of benzene rings is 3. The zero-order chi connectivity index (χ0) is 26.6. The van der Waals surface area contributed by atoms with Gasteiger partial charge < -0.3 is 24.8 Å². The lowest BCUT2D eigenvalue weighted by atomic mass is 9.96. The van der Waals surface area contributed by atoms with E-state index in [1.165, 1.54) is 22.4 Å². The van der Waals surface area contributed by atoms with Crippen LogP contribution in [0.4, 0.5) is 10.5 Å². The molecule has 1 unspecified atom stereocenters. The second kappa shape index (κ2) is 11.7. The Morgan fingerprint density at radius 2 is 1.59 bits per heavy atom. The van der Waals surface area contributed by atoms with Crippen molar-refractivity contribution in [2.24, 2.45) is 0 Å². The van der Waals surface area contributed by atoms with Gasteiger partial charge in [-0.1, -0.05) is 66.7 Å². The quantitative estimate of drug-likeness (QED) is 0.417. The van der Waals surface area contributed by atoms with Crippen LogP contribution in [0, 0.1) is 0 Å². The molecular formula is C32H36N4O2S. The van der Waals surface area contributed by atoms with Crippen molar-refractivity contribution in [1.82, 2.24) is 15.1 Å². The second-order valence-electron chi connectivity index (χ2n) is 10.7. The molecule has 1 amide bonds. The van der Waals surface area contributed by atoms with Gasteiger partial charge in [0.05, 0.1) is 6.04 Å². The summed E-state index contributed by atoms with van der Waals surface area (Å²) in [7, 11) is 0. The Morgan fingerprint density at radius 3 is 2.33 bits per heavy atom. The van der Waals surface area contributed by atoms with Crippen LogP contribution in [0.15, 0.2) is 78.9 Å². The average molecular weight is 541 g/mol. The van der Waals surface area contributed by atoms with Crippen LogP contribution in [-0.2, 0) is 17.8 Å². The molecular weight excluding hydrogens is 504 g/mol. The van der Waals surface area contributed by atoms with E-state index in [0.29, 0.717) is 12.5 Å². The number of hydrogen-bond donors (Lipinski definition) is 1.